The first kappa shape index (κ1) is 13.0. The number of nitrogens with one attached hydrogen (secondary N) is 3. The fourth-order valence-electron chi connectivity index (χ4n) is 2.77. The van der Waals surface area contributed by atoms with Crippen molar-refractivity contribution < 1.29 is 0 Å². The second-order valence-electron chi connectivity index (χ2n) is 5.62. The van der Waals surface area contributed by atoms with E-state index >= 15 is 0 Å². The second-order valence-corrected chi connectivity index (χ2v) is 5.62. The normalized spacial score (nSPS) is 23.1. The van der Waals surface area contributed by atoms with Gasteiger partial charge in [0, 0.05) is 30.4 Å². The van der Waals surface area contributed by atoms with Crippen LogP contribution < -0.4 is 10.9 Å². The molecule has 2 heterocycles. The molecule has 3 rings (SSSR count). The summed E-state index contributed by atoms with van der Waals surface area (Å²) in [5.41, 5.74) is 2.84. The standard InChI is InChI=1S/C15H20N4O/c1-10-7-13(9-19(10)2)16-12-5-3-11(4-6-12)14-8-15(20)18-17-14/h3-6,8,10,13,16H,7,9H2,1-2H3,(H2,17,18,20). The van der Waals surface area contributed by atoms with Gasteiger partial charge in [-0.3, -0.25) is 15.0 Å². The molecule has 1 aliphatic rings. The Kier molecular flexibility index (Phi) is 3.36. The van der Waals surface area contributed by atoms with Crippen LogP contribution in [0.5, 0.6) is 0 Å². The number of hydrogen-bond acceptors (Lipinski definition) is 3. The number of anilines is 1. The maximum Gasteiger partial charge on any atom is 0.264 e. The Bertz CT molecular complexity index is 618. The van der Waals surface area contributed by atoms with Gasteiger partial charge < -0.3 is 10.2 Å². The molecule has 0 aliphatic carbocycles. The Morgan fingerprint density at radius 2 is 2.00 bits per heavy atom. The van der Waals surface area contributed by atoms with Crippen LogP contribution in [0.3, 0.4) is 0 Å². The number of H-pyrrole nitrogens is 2. The molecule has 1 aromatic heterocycles. The highest BCUT2D eigenvalue weighted by Crippen LogP contribution is 2.22. The van der Waals surface area contributed by atoms with Crippen LogP contribution in [-0.2, 0) is 0 Å². The van der Waals surface area contributed by atoms with Crippen LogP contribution in [-0.4, -0.2) is 40.8 Å². The third-order valence-electron chi connectivity index (χ3n) is 4.05. The summed E-state index contributed by atoms with van der Waals surface area (Å²) < 4.78 is 0. The van der Waals surface area contributed by atoms with Gasteiger partial charge in [0.25, 0.3) is 5.56 Å². The maximum atomic E-state index is 11.1. The highest BCUT2D eigenvalue weighted by Gasteiger charge is 2.25. The molecule has 0 spiro atoms. The van der Waals surface area contributed by atoms with Crippen molar-refractivity contribution in [2.75, 3.05) is 18.9 Å². The van der Waals surface area contributed by atoms with E-state index in [9.17, 15) is 4.79 Å². The predicted octanol–water partition coefficient (Wildman–Crippen LogP) is 1.87. The van der Waals surface area contributed by atoms with E-state index in [1.165, 1.54) is 6.42 Å². The summed E-state index contributed by atoms with van der Waals surface area (Å²) in [6.07, 6.45) is 1.17. The van der Waals surface area contributed by atoms with Gasteiger partial charge in [0.2, 0.25) is 0 Å². The largest absolute Gasteiger partial charge is 0.381 e. The smallest absolute Gasteiger partial charge is 0.264 e. The molecule has 0 saturated carbocycles. The highest BCUT2D eigenvalue weighted by atomic mass is 16.1. The SMILES string of the molecule is CC1CC(Nc2ccc(-c3cc(=O)[nH][nH]3)cc2)CN1C. The zero-order valence-corrected chi connectivity index (χ0v) is 11.8. The summed E-state index contributed by atoms with van der Waals surface area (Å²) in [5, 5.41) is 8.97. The van der Waals surface area contributed by atoms with E-state index in [1.54, 1.807) is 6.07 Å². The fraction of sp³-hybridized carbons (Fsp3) is 0.400. The van der Waals surface area contributed by atoms with E-state index in [2.05, 4.69) is 46.5 Å². The molecule has 1 saturated heterocycles. The van der Waals surface area contributed by atoms with E-state index in [0.717, 1.165) is 23.5 Å². The van der Waals surface area contributed by atoms with Crippen molar-refractivity contribution >= 4 is 5.69 Å². The number of aromatic nitrogens is 2. The van der Waals surface area contributed by atoms with E-state index in [-0.39, 0.29) is 5.56 Å². The minimum Gasteiger partial charge on any atom is -0.381 e. The lowest BCUT2D eigenvalue weighted by atomic mass is 10.1. The molecule has 106 valence electrons. The Morgan fingerprint density at radius 3 is 2.55 bits per heavy atom. The topological polar surface area (TPSA) is 63.9 Å². The molecule has 1 aliphatic heterocycles. The summed E-state index contributed by atoms with van der Waals surface area (Å²) in [7, 11) is 2.16. The molecule has 20 heavy (non-hydrogen) atoms. The quantitative estimate of drug-likeness (QED) is 0.799. The molecule has 2 unspecified atom stereocenters. The van der Waals surface area contributed by atoms with Crippen LogP contribution in [0.15, 0.2) is 35.1 Å². The molecule has 2 aromatic rings. The Labute approximate surface area is 118 Å². The van der Waals surface area contributed by atoms with Crippen LogP contribution >= 0.6 is 0 Å². The predicted molar refractivity (Wildman–Crippen MR) is 81.0 cm³/mol. The van der Waals surface area contributed by atoms with Crippen molar-refractivity contribution in [1.82, 2.24) is 15.1 Å². The lowest BCUT2D eigenvalue weighted by molar-refractivity contribution is 0.330. The summed E-state index contributed by atoms with van der Waals surface area (Å²) in [6.45, 7) is 3.33. The molecule has 1 fully saturated rings. The van der Waals surface area contributed by atoms with Gasteiger partial charge in [0.15, 0.2) is 0 Å². The van der Waals surface area contributed by atoms with E-state index < -0.39 is 0 Å². The lowest BCUT2D eigenvalue weighted by Gasteiger charge is -2.14. The number of hydrogen-bond donors (Lipinski definition) is 3. The first-order valence-electron chi connectivity index (χ1n) is 6.97. The summed E-state index contributed by atoms with van der Waals surface area (Å²) in [6, 6.07) is 10.9. The molecule has 3 N–H and O–H groups in total. The number of benzene rings is 1. The second kappa shape index (κ2) is 5.17. The number of likely N-dealkylation sites (N-methyl/N-ethyl adjacent to an activating group) is 1. The zero-order chi connectivity index (χ0) is 14.1. The number of aromatic amines is 2. The third kappa shape index (κ3) is 2.63. The first-order valence-corrected chi connectivity index (χ1v) is 6.97. The molecule has 1 aromatic carbocycles. The number of rotatable bonds is 3. The van der Waals surface area contributed by atoms with Gasteiger partial charge in [-0.25, -0.2) is 0 Å². The lowest BCUT2D eigenvalue weighted by Crippen LogP contribution is -2.24. The van der Waals surface area contributed by atoms with Gasteiger partial charge in [-0.1, -0.05) is 12.1 Å². The Balaban J connectivity index is 1.69. The van der Waals surface area contributed by atoms with Gasteiger partial charge >= 0.3 is 0 Å². The molecule has 5 nitrogen and oxygen atoms in total. The van der Waals surface area contributed by atoms with Gasteiger partial charge in [-0.05, 0) is 38.1 Å². The van der Waals surface area contributed by atoms with Crippen molar-refractivity contribution in [2.24, 2.45) is 0 Å². The van der Waals surface area contributed by atoms with Gasteiger partial charge in [0.05, 0.1) is 5.69 Å². The average molecular weight is 272 g/mol. The van der Waals surface area contributed by atoms with Crippen molar-refractivity contribution in [3.63, 3.8) is 0 Å². The van der Waals surface area contributed by atoms with Crippen LogP contribution in [0, 0.1) is 0 Å². The van der Waals surface area contributed by atoms with E-state index in [4.69, 9.17) is 0 Å². The van der Waals surface area contributed by atoms with Gasteiger partial charge in [0.1, 0.15) is 0 Å². The fourth-order valence-corrected chi connectivity index (χ4v) is 2.77. The van der Waals surface area contributed by atoms with Gasteiger partial charge in [-0.2, -0.15) is 0 Å². The van der Waals surface area contributed by atoms with Gasteiger partial charge in [-0.15, -0.1) is 0 Å². The van der Waals surface area contributed by atoms with Crippen LogP contribution in [0.2, 0.25) is 0 Å². The third-order valence-corrected chi connectivity index (χ3v) is 4.05. The van der Waals surface area contributed by atoms with Crippen molar-refractivity contribution in [3.05, 3.63) is 40.7 Å². The maximum absolute atomic E-state index is 11.1. The van der Waals surface area contributed by atoms with Crippen molar-refractivity contribution in [3.8, 4) is 11.3 Å². The first-order chi connectivity index (χ1) is 9.61. The molecular formula is C15H20N4O. The van der Waals surface area contributed by atoms with Crippen molar-refractivity contribution in [1.29, 1.82) is 0 Å². The minimum absolute atomic E-state index is 0.106. The molecule has 0 bridgehead atoms. The monoisotopic (exact) mass is 272 g/mol. The summed E-state index contributed by atoms with van der Waals surface area (Å²) in [5.74, 6) is 0. The Morgan fingerprint density at radius 1 is 1.25 bits per heavy atom. The highest BCUT2D eigenvalue weighted by molar-refractivity contribution is 5.62. The van der Waals surface area contributed by atoms with Crippen LogP contribution in [0.25, 0.3) is 11.3 Å². The number of likely N-dealkylation sites (tertiary alicyclic amines) is 1. The minimum atomic E-state index is -0.106. The average Bonchev–Trinajstić information content (AvgIpc) is 2.98. The molecule has 0 radical (unpaired) electrons. The van der Waals surface area contributed by atoms with E-state index in [1.807, 2.05) is 12.1 Å². The number of nitrogens with zero attached hydrogens (tertiary/aromatic N) is 1. The van der Waals surface area contributed by atoms with Crippen molar-refractivity contribution in [2.45, 2.75) is 25.4 Å². The van der Waals surface area contributed by atoms with Crippen LogP contribution in [0.1, 0.15) is 13.3 Å². The summed E-state index contributed by atoms with van der Waals surface area (Å²) in [4.78, 5) is 13.5. The molecule has 5 heteroatoms. The van der Waals surface area contributed by atoms with E-state index in [0.29, 0.717) is 12.1 Å². The summed E-state index contributed by atoms with van der Waals surface area (Å²) >= 11 is 0. The van der Waals surface area contributed by atoms with Crippen LogP contribution in [0.4, 0.5) is 5.69 Å². The molecule has 0 amide bonds. The molecule has 2 atom stereocenters. The zero-order valence-electron chi connectivity index (χ0n) is 11.8. The Hall–Kier alpha value is -2.01. The molecular weight excluding hydrogens is 252 g/mol.